The third-order valence-electron chi connectivity index (χ3n) is 7.32. The summed E-state index contributed by atoms with van der Waals surface area (Å²) in [6.07, 6.45) is 25.1. The van der Waals surface area contributed by atoms with Crippen LogP contribution in [0.5, 0.6) is 0 Å². The van der Waals surface area contributed by atoms with E-state index in [2.05, 4.69) is 38.2 Å². The largest absolute Gasteiger partial charge is 0.544 e. The first-order chi connectivity index (χ1) is 20.6. The van der Waals surface area contributed by atoms with E-state index >= 15 is 0 Å². The fourth-order valence-electron chi connectivity index (χ4n) is 4.64. The highest BCUT2D eigenvalue weighted by Gasteiger charge is 2.25. The number of esters is 2. The number of carbonyl (C=O) groups excluding carboxylic acids is 3. The SMILES string of the molecule is CCC/C=C\C/C=C\CCCCCCCC(=O)OC(COCCC(C(=O)[O-])[N+](C)(C)C)COC(=O)CCCCCCCC. The van der Waals surface area contributed by atoms with Crippen molar-refractivity contribution in [1.29, 1.82) is 0 Å². The summed E-state index contributed by atoms with van der Waals surface area (Å²) in [6, 6.07) is -0.722. The Morgan fingerprint density at radius 1 is 0.698 bits per heavy atom. The van der Waals surface area contributed by atoms with Crippen molar-refractivity contribution >= 4 is 17.9 Å². The van der Waals surface area contributed by atoms with Gasteiger partial charge in [0.05, 0.1) is 40.3 Å². The summed E-state index contributed by atoms with van der Waals surface area (Å²) in [5.74, 6) is -1.77. The fourth-order valence-corrected chi connectivity index (χ4v) is 4.64. The molecular formula is C35H63NO7. The van der Waals surface area contributed by atoms with Crippen molar-refractivity contribution in [3.8, 4) is 0 Å². The minimum atomic E-state index is -1.13. The maximum atomic E-state index is 12.5. The highest BCUT2D eigenvalue weighted by atomic mass is 16.6. The zero-order chi connectivity index (χ0) is 32.2. The van der Waals surface area contributed by atoms with Crippen molar-refractivity contribution in [1.82, 2.24) is 0 Å². The molecule has 0 aromatic rings. The number of rotatable bonds is 29. The van der Waals surface area contributed by atoms with Crippen LogP contribution in [0.4, 0.5) is 0 Å². The Hall–Kier alpha value is -2.19. The number of likely N-dealkylation sites (N-methyl/N-ethyl adjacent to an activating group) is 1. The van der Waals surface area contributed by atoms with Crippen LogP contribution < -0.4 is 5.11 Å². The number of quaternary nitrogens is 1. The van der Waals surface area contributed by atoms with Crippen LogP contribution in [0, 0.1) is 0 Å². The standard InChI is InChI=1S/C35H63NO7/c1-6-8-10-12-14-15-16-17-18-19-20-22-24-26-34(38)43-31(29-41-28-27-32(35(39)40)36(3,4)5)30-42-33(37)25-23-21-13-11-9-7-2/h10,12,15-16,31-32H,6-9,11,13-14,17-30H2,1-5H3/b12-10-,16-15-. The topological polar surface area (TPSA) is 102 Å². The number of carboxylic acids is 1. The van der Waals surface area contributed by atoms with E-state index in [1.807, 2.05) is 0 Å². The molecule has 0 spiro atoms. The molecule has 0 rings (SSSR count). The molecule has 2 atom stereocenters. The molecule has 0 aliphatic carbocycles. The van der Waals surface area contributed by atoms with Gasteiger partial charge in [0.25, 0.3) is 0 Å². The molecule has 0 saturated carbocycles. The van der Waals surface area contributed by atoms with Crippen LogP contribution in [0.15, 0.2) is 24.3 Å². The minimum absolute atomic E-state index is 0.0366. The Kier molecular flexibility index (Phi) is 26.0. The maximum Gasteiger partial charge on any atom is 0.306 e. The molecule has 8 nitrogen and oxygen atoms in total. The summed E-state index contributed by atoms with van der Waals surface area (Å²) in [5.41, 5.74) is 0. The third-order valence-corrected chi connectivity index (χ3v) is 7.32. The molecule has 0 aromatic heterocycles. The number of carbonyl (C=O) groups is 3. The van der Waals surface area contributed by atoms with Gasteiger partial charge in [-0.05, 0) is 38.5 Å². The molecule has 8 heteroatoms. The van der Waals surface area contributed by atoms with Gasteiger partial charge in [-0.1, -0.05) is 95.9 Å². The van der Waals surface area contributed by atoms with Gasteiger partial charge < -0.3 is 28.6 Å². The Morgan fingerprint density at radius 3 is 1.88 bits per heavy atom. The molecular weight excluding hydrogens is 546 g/mol. The molecule has 250 valence electrons. The third kappa shape index (κ3) is 26.0. The summed E-state index contributed by atoms with van der Waals surface area (Å²) in [7, 11) is 5.37. The number of allylic oxidation sites excluding steroid dienone is 4. The van der Waals surface area contributed by atoms with Gasteiger partial charge in [-0.25, -0.2) is 0 Å². The number of carboxylic acid groups (broad SMARTS) is 1. The molecule has 0 aliphatic heterocycles. The molecule has 0 radical (unpaired) electrons. The predicted octanol–water partition coefficient (Wildman–Crippen LogP) is 6.46. The average Bonchev–Trinajstić information content (AvgIpc) is 2.94. The zero-order valence-corrected chi connectivity index (χ0v) is 28.1. The van der Waals surface area contributed by atoms with Gasteiger partial charge in [0.15, 0.2) is 6.10 Å². The van der Waals surface area contributed by atoms with Crippen LogP contribution in [0.25, 0.3) is 0 Å². The van der Waals surface area contributed by atoms with Gasteiger partial charge in [-0.3, -0.25) is 9.59 Å². The van der Waals surface area contributed by atoms with Crippen molar-refractivity contribution in [2.24, 2.45) is 0 Å². The molecule has 0 saturated heterocycles. The van der Waals surface area contributed by atoms with E-state index in [0.29, 0.717) is 12.8 Å². The number of nitrogens with zero attached hydrogens (tertiary/aromatic N) is 1. The number of ether oxygens (including phenoxy) is 3. The highest BCUT2D eigenvalue weighted by molar-refractivity contribution is 5.70. The number of unbranched alkanes of at least 4 members (excludes halogenated alkanes) is 11. The Bertz CT molecular complexity index is 773. The monoisotopic (exact) mass is 609 g/mol. The Balaban J connectivity index is 4.47. The van der Waals surface area contributed by atoms with Gasteiger partial charge in [-0.15, -0.1) is 0 Å². The van der Waals surface area contributed by atoms with E-state index in [1.165, 1.54) is 25.7 Å². The van der Waals surface area contributed by atoms with Crippen molar-refractivity contribution in [3.05, 3.63) is 24.3 Å². The van der Waals surface area contributed by atoms with E-state index in [9.17, 15) is 19.5 Å². The summed E-state index contributed by atoms with van der Waals surface area (Å²) in [4.78, 5) is 36.3. The van der Waals surface area contributed by atoms with Crippen LogP contribution in [-0.4, -0.2) is 75.5 Å². The zero-order valence-electron chi connectivity index (χ0n) is 28.1. The predicted molar refractivity (Wildman–Crippen MR) is 171 cm³/mol. The van der Waals surface area contributed by atoms with Gasteiger partial charge >= 0.3 is 11.9 Å². The van der Waals surface area contributed by atoms with Crippen LogP contribution in [-0.2, 0) is 28.6 Å². The molecule has 2 unspecified atom stereocenters. The Morgan fingerprint density at radius 2 is 1.28 bits per heavy atom. The first-order valence-electron chi connectivity index (χ1n) is 16.9. The Labute approximate surface area is 262 Å². The molecule has 0 fully saturated rings. The molecule has 0 amide bonds. The highest BCUT2D eigenvalue weighted by Crippen LogP contribution is 2.12. The molecule has 43 heavy (non-hydrogen) atoms. The normalized spacial score (nSPS) is 13.4. The van der Waals surface area contributed by atoms with Crippen molar-refractivity contribution < 1.29 is 38.2 Å². The lowest BCUT2D eigenvalue weighted by atomic mass is 10.1. The summed E-state index contributed by atoms with van der Waals surface area (Å²) in [5, 5.41) is 11.5. The number of hydrogen-bond acceptors (Lipinski definition) is 7. The summed E-state index contributed by atoms with van der Waals surface area (Å²) in [6.45, 7) is 4.49. The summed E-state index contributed by atoms with van der Waals surface area (Å²) < 4.78 is 16.9. The molecule has 0 heterocycles. The second kappa shape index (κ2) is 27.4. The lowest BCUT2D eigenvalue weighted by Crippen LogP contribution is -2.55. The lowest BCUT2D eigenvalue weighted by molar-refractivity contribution is -0.889. The molecule has 0 aliphatic rings. The van der Waals surface area contributed by atoms with E-state index in [1.54, 1.807) is 21.1 Å². The van der Waals surface area contributed by atoms with Crippen molar-refractivity contribution in [2.75, 3.05) is 41.0 Å². The van der Waals surface area contributed by atoms with E-state index in [0.717, 1.165) is 70.6 Å². The van der Waals surface area contributed by atoms with Gasteiger partial charge in [0.2, 0.25) is 0 Å². The van der Waals surface area contributed by atoms with E-state index in [4.69, 9.17) is 14.2 Å². The van der Waals surface area contributed by atoms with Crippen LogP contribution in [0.3, 0.4) is 0 Å². The van der Waals surface area contributed by atoms with E-state index in [-0.39, 0.29) is 42.7 Å². The summed E-state index contributed by atoms with van der Waals surface area (Å²) >= 11 is 0. The fraction of sp³-hybridized carbons (Fsp3) is 0.800. The quantitative estimate of drug-likeness (QED) is 0.0415. The second-order valence-electron chi connectivity index (χ2n) is 12.4. The first-order valence-corrected chi connectivity index (χ1v) is 16.9. The van der Waals surface area contributed by atoms with Crippen molar-refractivity contribution in [3.63, 3.8) is 0 Å². The van der Waals surface area contributed by atoms with Crippen LogP contribution in [0.2, 0.25) is 0 Å². The van der Waals surface area contributed by atoms with E-state index < -0.39 is 18.1 Å². The number of aliphatic carboxylic acids is 1. The average molecular weight is 610 g/mol. The van der Waals surface area contributed by atoms with Gasteiger partial charge in [0.1, 0.15) is 12.6 Å². The molecule has 0 aromatic carbocycles. The smallest absolute Gasteiger partial charge is 0.306 e. The minimum Gasteiger partial charge on any atom is -0.544 e. The van der Waals surface area contributed by atoms with Crippen molar-refractivity contribution in [2.45, 2.75) is 142 Å². The van der Waals surface area contributed by atoms with Crippen LogP contribution in [0.1, 0.15) is 129 Å². The molecule has 0 bridgehead atoms. The first kappa shape index (κ1) is 40.8. The molecule has 0 N–H and O–H groups in total. The van der Waals surface area contributed by atoms with Gasteiger partial charge in [0, 0.05) is 19.3 Å². The number of hydrogen-bond donors (Lipinski definition) is 0. The second-order valence-corrected chi connectivity index (χ2v) is 12.4. The van der Waals surface area contributed by atoms with Gasteiger partial charge in [-0.2, -0.15) is 0 Å². The maximum absolute atomic E-state index is 12.5. The van der Waals surface area contributed by atoms with Crippen LogP contribution >= 0.6 is 0 Å². The lowest BCUT2D eigenvalue weighted by Gasteiger charge is -2.34.